The molecule has 0 aliphatic carbocycles. The smallest absolute Gasteiger partial charge is 0.241 e. The van der Waals surface area contributed by atoms with Crippen LogP contribution in [0.15, 0.2) is 12.5 Å². The number of aromatic amines is 1. The fourth-order valence-electron chi connectivity index (χ4n) is 1.28. The van der Waals surface area contributed by atoms with E-state index in [4.69, 9.17) is 10.5 Å². The standard InChI is InChI=1S/C8H10N4O/c1-13-8-7-6(11-4-12-8)5(2-9)3-10-7/h3-4,10H,2,9H2,1H3. The lowest BCUT2D eigenvalue weighted by atomic mass is 10.3. The van der Waals surface area contributed by atoms with Crippen molar-refractivity contribution < 1.29 is 4.74 Å². The van der Waals surface area contributed by atoms with Crippen molar-refractivity contribution in [3.05, 3.63) is 18.1 Å². The Morgan fingerprint density at radius 3 is 3.08 bits per heavy atom. The number of nitrogens with two attached hydrogens (primary N) is 1. The Balaban J connectivity index is 2.72. The molecule has 0 saturated heterocycles. The summed E-state index contributed by atoms with van der Waals surface area (Å²) in [7, 11) is 1.57. The molecule has 0 atom stereocenters. The van der Waals surface area contributed by atoms with Gasteiger partial charge in [0.25, 0.3) is 0 Å². The van der Waals surface area contributed by atoms with Gasteiger partial charge in [-0.2, -0.15) is 4.98 Å². The first-order chi connectivity index (χ1) is 6.36. The molecule has 0 saturated carbocycles. The first-order valence-corrected chi connectivity index (χ1v) is 3.92. The van der Waals surface area contributed by atoms with E-state index in [0.717, 1.165) is 16.6 Å². The second-order valence-corrected chi connectivity index (χ2v) is 2.62. The minimum absolute atomic E-state index is 0.458. The Kier molecular flexibility index (Phi) is 1.86. The average molecular weight is 178 g/mol. The number of methoxy groups -OCH3 is 1. The van der Waals surface area contributed by atoms with E-state index in [0.29, 0.717) is 12.4 Å². The fraction of sp³-hybridized carbons (Fsp3) is 0.250. The van der Waals surface area contributed by atoms with Gasteiger partial charge in [0.1, 0.15) is 11.8 Å². The number of ether oxygens (including phenoxy) is 1. The Hall–Kier alpha value is -1.62. The predicted molar refractivity (Wildman–Crippen MR) is 48.3 cm³/mol. The summed E-state index contributed by atoms with van der Waals surface area (Å²) in [5.74, 6) is 0.546. The summed E-state index contributed by atoms with van der Waals surface area (Å²) >= 11 is 0. The molecule has 0 unspecified atom stereocenters. The first kappa shape index (κ1) is 8.00. The molecule has 0 bridgehead atoms. The number of nitrogens with zero attached hydrogens (tertiary/aromatic N) is 2. The van der Waals surface area contributed by atoms with E-state index in [-0.39, 0.29) is 0 Å². The van der Waals surface area contributed by atoms with Crippen LogP contribution in [0.4, 0.5) is 0 Å². The zero-order valence-electron chi connectivity index (χ0n) is 7.24. The van der Waals surface area contributed by atoms with Gasteiger partial charge in [-0.15, -0.1) is 0 Å². The first-order valence-electron chi connectivity index (χ1n) is 3.92. The van der Waals surface area contributed by atoms with Gasteiger partial charge in [0.2, 0.25) is 5.88 Å². The van der Waals surface area contributed by atoms with Gasteiger partial charge in [0.15, 0.2) is 0 Å². The van der Waals surface area contributed by atoms with Crippen molar-refractivity contribution in [3.8, 4) is 5.88 Å². The Morgan fingerprint density at radius 2 is 2.38 bits per heavy atom. The molecule has 0 aromatic carbocycles. The van der Waals surface area contributed by atoms with Crippen molar-refractivity contribution in [1.29, 1.82) is 0 Å². The van der Waals surface area contributed by atoms with Crippen molar-refractivity contribution in [2.75, 3.05) is 7.11 Å². The molecule has 5 nitrogen and oxygen atoms in total. The van der Waals surface area contributed by atoms with Crippen molar-refractivity contribution in [3.63, 3.8) is 0 Å². The lowest BCUT2D eigenvalue weighted by molar-refractivity contribution is 0.402. The van der Waals surface area contributed by atoms with Crippen molar-refractivity contribution in [2.45, 2.75) is 6.54 Å². The maximum atomic E-state index is 5.53. The number of fused-ring (bicyclic) bond motifs is 1. The number of H-pyrrole nitrogens is 1. The van der Waals surface area contributed by atoms with Crippen molar-refractivity contribution in [1.82, 2.24) is 15.0 Å². The van der Waals surface area contributed by atoms with Crippen LogP contribution < -0.4 is 10.5 Å². The molecule has 2 heterocycles. The summed E-state index contributed by atoms with van der Waals surface area (Å²) in [6.45, 7) is 0.458. The molecule has 0 radical (unpaired) electrons. The van der Waals surface area contributed by atoms with Crippen molar-refractivity contribution in [2.24, 2.45) is 5.73 Å². The molecule has 2 aromatic heterocycles. The van der Waals surface area contributed by atoms with E-state index in [2.05, 4.69) is 15.0 Å². The molecule has 0 fully saturated rings. The molecule has 3 N–H and O–H groups in total. The van der Waals surface area contributed by atoms with Crippen LogP contribution in [0.25, 0.3) is 11.0 Å². The summed E-state index contributed by atoms with van der Waals surface area (Å²) < 4.78 is 5.06. The maximum absolute atomic E-state index is 5.53. The topological polar surface area (TPSA) is 76.8 Å². The molecule has 0 aliphatic rings. The summed E-state index contributed by atoms with van der Waals surface area (Å²) in [4.78, 5) is 11.1. The number of nitrogens with one attached hydrogen (secondary N) is 1. The molecule has 2 rings (SSSR count). The average Bonchev–Trinajstić information content (AvgIpc) is 2.60. The van der Waals surface area contributed by atoms with Crippen molar-refractivity contribution >= 4 is 11.0 Å². The van der Waals surface area contributed by atoms with Crippen LogP contribution in [0, 0.1) is 0 Å². The van der Waals surface area contributed by atoms with E-state index in [1.807, 2.05) is 6.20 Å². The lowest BCUT2D eigenvalue weighted by Gasteiger charge is -1.98. The second-order valence-electron chi connectivity index (χ2n) is 2.62. The highest BCUT2D eigenvalue weighted by Crippen LogP contribution is 2.21. The van der Waals surface area contributed by atoms with E-state index in [9.17, 15) is 0 Å². The number of hydrogen-bond donors (Lipinski definition) is 2. The lowest BCUT2D eigenvalue weighted by Crippen LogP contribution is -1.96. The SMILES string of the molecule is COc1ncnc2c(CN)c[nH]c12. The van der Waals surface area contributed by atoms with E-state index in [1.165, 1.54) is 6.33 Å². The van der Waals surface area contributed by atoms with Gasteiger partial charge in [-0.25, -0.2) is 4.98 Å². The highest BCUT2D eigenvalue weighted by Gasteiger charge is 2.08. The van der Waals surface area contributed by atoms with Crippen LogP contribution in [-0.4, -0.2) is 22.1 Å². The molecule has 13 heavy (non-hydrogen) atoms. The summed E-state index contributed by atoms with van der Waals surface area (Å²) in [5.41, 5.74) is 8.12. The molecule has 5 heteroatoms. The quantitative estimate of drug-likeness (QED) is 0.698. The number of aromatic nitrogens is 3. The third kappa shape index (κ3) is 1.13. The third-order valence-corrected chi connectivity index (χ3v) is 1.92. The maximum Gasteiger partial charge on any atom is 0.241 e. The minimum Gasteiger partial charge on any atom is -0.479 e. The molecule has 0 amide bonds. The van der Waals surface area contributed by atoms with Crippen LogP contribution >= 0.6 is 0 Å². The summed E-state index contributed by atoms with van der Waals surface area (Å²) in [6.07, 6.45) is 3.29. The largest absolute Gasteiger partial charge is 0.479 e. The van der Waals surface area contributed by atoms with Crippen LogP contribution in [0.1, 0.15) is 5.56 Å². The Bertz CT molecular complexity index is 423. The van der Waals surface area contributed by atoms with Gasteiger partial charge < -0.3 is 15.5 Å². The molecule has 2 aromatic rings. The fourth-order valence-corrected chi connectivity index (χ4v) is 1.28. The molecule has 0 spiro atoms. The van der Waals surface area contributed by atoms with Gasteiger partial charge in [-0.3, -0.25) is 0 Å². The predicted octanol–water partition coefficient (Wildman–Crippen LogP) is 0.425. The highest BCUT2D eigenvalue weighted by atomic mass is 16.5. The number of hydrogen-bond acceptors (Lipinski definition) is 4. The number of rotatable bonds is 2. The van der Waals surface area contributed by atoms with Gasteiger partial charge >= 0.3 is 0 Å². The monoisotopic (exact) mass is 178 g/mol. The van der Waals surface area contributed by atoms with Crippen LogP contribution in [0.5, 0.6) is 5.88 Å². The summed E-state index contributed by atoms with van der Waals surface area (Å²) in [6, 6.07) is 0. The minimum atomic E-state index is 0.458. The zero-order chi connectivity index (χ0) is 9.26. The van der Waals surface area contributed by atoms with Crippen LogP contribution in [0.3, 0.4) is 0 Å². The van der Waals surface area contributed by atoms with Crippen LogP contribution in [0.2, 0.25) is 0 Å². The molecule has 68 valence electrons. The highest BCUT2D eigenvalue weighted by molar-refractivity contribution is 5.82. The Morgan fingerprint density at radius 1 is 1.54 bits per heavy atom. The van der Waals surface area contributed by atoms with Gasteiger partial charge in [0.05, 0.1) is 12.6 Å². The van der Waals surface area contributed by atoms with E-state index in [1.54, 1.807) is 7.11 Å². The normalized spacial score (nSPS) is 10.6. The van der Waals surface area contributed by atoms with Gasteiger partial charge in [0, 0.05) is 18.3 Å². The Labute approximate surface area is 74.9 Å². The van der Waals surface area contributed by atoms with E-state index < -0.39 is 0 Å². The zero-order valence-corrected chi connectivity index (χ0v) is 7.24. The molecular weight excluding hydrogens is 168 g/mol. The van der Waals surface area contributed by atoms with Crippen LogP contribution in [-0.2, 0) is 6.54 Å². The second kappa shape index (κ2) is 3.02. The molecule has 0 aliphatic heterocycles. The van der Waals surface area contributed by atoms with E-state index >= 15 is 0 Å². The van der Waals surface area contributed by atoms with Gasteiger partial charge in [-0.05, 0) is 0 Å². The van der Waals surface area contributed by atoms with Gasteiger partial charge in [-0.1, -0.05) is 0 Å². The molecular formula is C8H10N4O. The third-order valence-electron chi connectivity index (χ3n) is 1.92. The summed E-state index contributed by atoms with van der Waals surface area (Å²) in [5, 5.41) is 0.